The third kappa shape index (κ3) is 4.06. The third-order valence-electron chi connectivity index (χ3n) is 4.19. The lowest BCUT2D eigenvalue weighted by Crippen LogP contribution is -2.22. The minimum Gasteiger partial charge on any atom is -0.490 e. The molecule has 0 bridgehead atoms. The van der Waals surface area contributed by atoms with Crippen LogP contribution in [-0.2, 0) is 17.9 Å². The molecule has 0 spiro atoms. The van der Waals surface area contributed by atoms with E-state index >= 15 is 0 Å². The van der Waals surface area contributed by atoms with Crippen LogP contribution in [0.3, 0.4) is 0 Å². The van der Waals surface area contributed by atoms with Gasteiger partial charge < -0.3 is 30.0 Å². The lowest BCUT2D eigenvalue weighted by Gasteiger charge is -2.20. The second-order valence-electron chi connectivity index (χ2n) is 6.20. The molecule has 27 heavy (non-hydrogen) atoms. The smallest absolute Gasteiger partial charge is 0.193 e. The molecule has 0 radical (unpaired) electrons. The molecule has 0 unspecified atom stereocenters. The number of hydrogen-bond donors (Lipinski definition) is 2. The fourth-order valence-corrected chi connectivity index (χ4v) is 2.97. The number of nitrogens with one attached hydrogen (secondary N) is 1. The number of aliphatic imine (C=N–C) groups is 1. The summed E-state index contributed by atoms with van der Waals surface area (Å²) in [6.07, 6.45) is 0.839. The van der Waals surface area contributed by atoms with Crippen LogP contribution in [-0.4, -0.2) is 26.0 Å². The number of nitrogens with zero attached hydrogens (tertiary/aromatic N) is 1. The van der Waals surface area contributed by atoms with Gasteiger partial charge in [-0.3, -0.25) is 0 Å². The topological polar surface area (TPSA) is 87.3 Å². The minimum atomic E-state index is -0.359. The van der Waals surface area contributed by atoms with E-state index in [0.29, 0.717) is 48.2 Å². The molecule has 3 N–H and O–H groups in total. The second kappa shape index (κ2) is 7.71. The van der Waals surface area contributed by atoms with Gasteiger partial charge in [0.05, 0.1) is 26.4 Å². The van der Waals surface area contributed by atoms with Gasteiger partial charge >= 0.3 is 0 Å². The number of anilines is 1. The van der Waals surface area contributed by atoms with Crippen molar-refractivity contribution < 1.29 is 23.3 Å². The Kier molecular flexibility index (Phi) is 4.97. The molecule has 0 fully saturated rings. The third-order valence-corrected chi connectivity index (χ3v) is 4.19. The van der Waals surface area contributed by atoms with E-state index in [1.165, 1.54) is 12.1 Å². The van der Waals surface area contributed by atoms with Gasteiger partial charge in [0.1, 0.15) is 11.6 Å². The molecule has 8 heteroatoms. The molecule has 2 heterocycles. The van der Waals surface area contributed by atoms with E-state index in [9.17, 15) is 4.39 Å². The van der Waals surface area contributed by atoms with Crippen LogP contribution in [0.1, 0.15) is 17.5 Å². The number of halogens is 1. The van der Waals surface area contributed by atoms with E-state index in [2.05, 4.69) is 10.3 Å². The molecule has 0 aliphatic carbocycles. The van der Waals surface area contributed by atoms with Crippen molar-refractivity contribution in [3.8, 4) is 17.2 Å². The predicted octanol–water partition coefficient (Wildman–Crippen LogP) is 2.78. The Morgan fingerprint density at radius 2 is 1.96 bits per heavy atom. The van der Waals surface area contributed by atoms with Crippen molar-refractivity contribution in [2.75, 3.05) is 25.3 Å². The van der Waals surface area contributed by atoms with E-state index in [-0.39, 0.29) is 25.1 Å². The van der Waals surface area contributed by atoms with Gasteiger partial charge in [-0.2, -0.15) is 0 Å². The van der Waals surface area contributed by atoms with Crippen LogP contribution < -0.4 is 25.3 Å². The van der Waals surface area contributed by atoms with Crippen molar-refractivity contribution in [3.63, 3.8) is 0 Å². The molecule has 2 aromatic rings. The molecule has 0 atom stereocenters. The standard InChI is InChI=1S/C19H20FN3O4/c20-14-6-12(18-13(7-14)10-24-11-27-18)9-22-19(21)23-15-2-3-16-17(8-15)26-5-1-4-25-16/h2-3,6-8H,1,4-5,9-11H2,(H3,21,22,23). The summed E-state index contributed by atoms with van der Waals surface area (Å²) in [7, 11) is 0. The van der Waals surface area contributed by atoms with Crippen molar-refractivity contribution in [2.45, 2.75) is 19.6 Å². The monoisotopic (exact) mass is 373 g/mol. The number of hydrogen-bond acceptors (Lipinski definition) is 5. The summed E-state index contributed by atoms with van der Waals surface area (Å²) in [4.78, 5) is 4.29. The normalized spacial score (nSPS) is 16.1. The van der Waals surface area contributed by atoms with Gasteiger partial charge in [0.15, 0.2) is 24.3 Å². The summed E-state index contributed by atoms with van der Waals surface area (Å²) in [6, 6.07) is 8.27. The van der Waals surface area contributed by atoms with Crippen molar-refractivity contribution >= 4 is 11.6 Å². The van der Waals surface area contributed by atoms with Crippen LogP contribution in [0, 0.1) is 5.82 Å². The molecule has 2 aromatic carbocycles. The number of nitrogens with two attached hydrogens (primary N) is 1. The summed E-state index contributed by atoms with van der Waals surface area (Å²) < 4.78 is 35.7. The van der Waals surface area contributed by atoms with E-state index in [1.807, 2.05) is 18.2 Å². The maximum Gasteiger partial charge on any atom is 0.193 e. The van der Waals surface area contributed by atoms with Gasteiger partial charge in [0, 0.05) is 29.3 Å². The van der Waals surface area contributed by atoms with E-state index in [4.69, 9.17) is 24.7 Å². The van der Waals surface area contributed by atoms with Gasteiger partial charge in [-0.05, 0) is 24.3 Å². The van der Waals surface area contributed by atoms with Crippen LogP contribution in [0.15, 0.2) is 35.3 Å². The lowest BCUT2D eigenvalue weighted by atomic mass is 10.1. The molecule has 4 rings (SSSR count). The van der Waals surface area contributed by atoms with Gasteiger partial charge in [-0.1, -0.05) is 0 Å². The summed E-state index contributed by atoms with van der Waals surface area (Å²) in [5, 5.41) is 3.01. The van der Waals surface area contributed by atoms with E-state index in [0.717, 1.165) is 12.1 Å². The Hall–Kier alpha value is -3.00. The molecule has 2 aliphatic heterocycles. The number of ether oxygens (including phenoxy) is 4. The summed E-state index contributed by atoms with van der Waals surface area (Å²) in [5.74, 6) is 1.82. The summed E-state index contributed by atoms with van der Waals surface area (Å²) in [6.45, 7) is 1.88. The lowest BCUT2D eigenvalue weighted by molar-refractivity contribution is -0.0172. The first-order valence-electron chi connectivity index (χ1n) is 8.67. The highest BCUT2D eigenvalue weighted by Crippen LogP contribution is 2.32. The van der Waals surface area contributed by atoms with Crippen LogP contribution in [0.5, 0.6) is 17.2 Å². The molecule has 0 saturated heterocycles. The fraction of sp³-hybridized carbons (Fsp3) is 0.316. The van der Waals surface area contributed by atoms with Gasteiger partial charge in [0.25, 0.3) is 0 Å². The molecule has 0 aromatic heterocycles. The predicted molar refractivity (Wildman–Crippen MR) is 97.7 cm³/mol. The Morgan fingerprint density at radius 3 is 2.85 bits per heavy atom. The highest BCUT2D eigenvalue weighted by Gasteiger charge is 2.17. The maximum atomic E-state index is 13.8. The number of guanidine groups is 1. The first-order valence-corrected chi connectivity index (χ1v) is 8.67. The van der Waals surface area contributed by atoms with Crippen molar-refractivity contribution in [2.24, 2.45) is 10.7 Å². The number of fused-ring (bicyclic) bond motifs is 2. The Morgan fingerprint density at radius 1 is 1.11 bits per heavy atom. The van der Waals surface area contributed by atoms with E-state index in [1.54, 1.807) is 0 Å². The van der Waals surface area contributed by atoms with Gasteiger partial charge in [0.2, 0.25) is 0 Å². The van der Waals surface area contributed by atoms with Crippen molar-refractivity contribution in [1.82, 2.24) is 0 Å². The fourth-order valence-electron chi connectivity index (χ4n) is 2.97. The largest absolute Gasteiger partial charge is 0.490 e. The quantitative estimate of drug-likeness (QED) is 0.635. The zero-order valence-electron chi connectivity index (χ0n) is 14.7. The Labute approximate surface area is 155 Å². The second-order valence-corrected chi connectivity index (χ2v) is 6.20. The molecule has 142 valence electrons. The Bertz CT molecular complexity index is 872. The zero-order valence-corrected chi connectivity index (χ0v) is 14.7. The van der Waals surface area contributed by atoms with Crippen LogP contribution in [0.2, 0.25) is 0 Å². The van der Waals surface area contributed by atoms with Crippen LogP contribution in [0.4, 0.5) is 10.1 Å². The minimum absolute atomic E-state index is 0.139. The van der Waals surface area contributed by atoms with Crippen molar-refractivity contribution in [3.05, 3.63) is 47.3 Å². The molecular weight excluding hydrogens is 353 g/mol. The molecule has 0 amide bonds. The molecular formula is C19H20FN3O4. The van der Waals surface area contributed by atoms with Crippen molar-refractivity contribution in [1.29, 1.82) is 0 Å². The van der Waals surface area contributed by atoms with Crippen LogP contribution in [0.25, 0.3) is 0 Å². The number of rotatable bonds is 3. The Balaban J connectivity index is 1.48. The van der Waals surface area contributed by atoms with Gasteiger partial charge in [-0.25, -0.2) is 9.38 Å². The molecule has 7 nitrogen and oxygen atoms in total. The first-order chi connectivity index (χ1) is 13.2. The first kappa shape index (κ1) is 17.4. The van der Waals surface area contributed by atoms with Crippen LogP contribution >= 0.6 is 0 Å². The number of benzene rings is 2. The average molecular weight is 373 g/mol. The average Bonchev–Trinajstić information content (AvgIpc) is 2.91. The molecule has 0 saturated carbocycles. The SMILES string of the molecule is NC(=NCc1cc(F)cc2c1OCOC2)Nc1ccc2c(c1)OCCCO2. The summed E-state index contributed by atoms with van der Waals surface area (Å²) >= 11 is 0. The maximum absolute atomic E-state index is 13.8. The zero-order chi connectivity index (χ0) is 18.6. The highest BCUT2D eigenvalue weighted by atomic mass is 19.1. The molecule has 2 aliphatic rings. The van der Waals surface area contributed by atoms with E-state index < -0.39 is 0 Å². The van der Waals surface area contributed by atoms with Gasteiger partial charge in [-0.15, -0.1) is 0 Å². The highest BCUT2D eigenvalue weighted by molar-refractivity contribution is 5.92. The summed E-state index contributed by atoms with van der Waals surface area (Å²) in [5.41, 5.74) is 8.00.